The van der Waals surface area contributed by atoms with Crippen LogP contribution in [0.4, 0.5) is 0 Å². The van der Waals surface area contributed by atoms with E-state index in [2.05, 4.69) is 26.1 Å². The molecule has 0 saturated carbocycles. The lowest BCUT2D eigenvalue weighted by atomic mass is 10.3. The van der Waals surface area contributed by atoms with Crippen LogP contribution in [-0.4, -0.2) is 19.6 Å². The van der Waals surface area contributed by atoms with Gasteiger partial charge in [-0.3, -0.25) is 9.36 Å². The van der Waals surface area contributed by atoms with Gasteiger partial charge in [0.25, 0.3) is 0 Å². The minimum absolute atomic E-state index is 0.658. The number of halogens is 2. The van der Waals surface area contributed by atoms with Crippen LogP contribution in [0.1, 0.15) is 17.1 Å². The van der Waals surface area contributed by atoms with E-state index in [4.69, 9.17) is 11.6 Å². The second kappa shape index (κ2) is 4.22. The molecule has 0 radical (unpaired) electrons. The zero-order valence-corrected chi connectivity index (χ0v) is 11.7. The van der Waals surface area contributed by atoms with Crippen molar-refractivity contribution in [2.75, 3.05) is 0 Å². The molecule has 0 unspecified atom stereocenters. The van der Waals surface area contributed by atoms with E-state index in [-0.39, 0.29) is 0 Å². The van der Waals surface area contributed by atoms with Gasteiger partial charge in [0.1, 0.15) is 0 Å². The van der Waals surface area contributed by atoms with Crippen molar-refractivity contribution in [1.29, 1.82) is 0 Å². The Morgan fingerprint density at radius 2 is 2.00 bits per heavy atom. The van der Waals surface area contributed by atoms with Gasteiger partial charge in [0.2, 0.25) is 0 Å². The first-order valence-electron chi connectivity index (χ1n) is 4.86. The van der Waals surface area contributed by atoms with Crippen molar-refractivity contribution in [3.05, 3.63) is 32.8 Å². The standard InChI is InChI=1S/C10H12BrClN4/c1-6-8(12)4-16(14-6)5-9-10(11)7(2)13-15(9)3/h4H,5H2,1-3H3. The lowest BCUT2D eigenvalue weighted by Crippen LogP contribution is -2.06. The van der Waals surface area contributed by atoms with Gasteiger partial charge in [0.05, 0.1) is 33.1 Å². The molecule has 0 atom stereocenters. The van der Waals surface area contributed by atoms with Crippen LogP contribution < -0.4 is 0 Å². The molecule has 0 spiro atoms. The fourth-order valence-electron chi connectivity index (χ4n) is 1.58. The maximum absolute atomic E-state index is 5.96. The van der Waals surface area contributed by atoms with E-state index in [1.165, 1.54) is 0 Å². The molecule has 2 heterocycles. The monoisotopic (exact) mass is 302 g/mol. The molecule has 0 fully saturated rings. The van der Waals surface area contributed by atoms with Crippen molar-refractivity contribution in [1.82, 2.24) is 19.6 Å². The molecule has 6 heteroatoms. The van der Waals surface area contributed by atoms with Crippen LogP contribution in [0.2, 0.25) is 5.02 Å². The van der Waals surface area contributed by atoms with E-state index in [1.807, 2.05) is 36.5 Å². The van der Waals surface area contributed by atoms with E-state index in [9.17, 15) is 0 Å². The average Bonchev–Trinajstić information content (AvgIpc) is 2.63. The predicted molar refractivity (Wildman–Crippen MR) is 66.7 cm³/mol. The molecular weight excluding hydrogens is 291 g/mol. The normalized spacial score (nSPS) is 11.1. The van der Waals surface area contributed by atoms with Crippen LogP contribution >= 0.6 is 27.5 Å². The highest BCUT2D eigenvalue weighted by molar-refractivity contribution is 9.10. The zero-order chi connectivity index (χ0) is 11.9. The Kier molecular flexibility index (Phi) is 3.08. The van der Waals surface area contributed by atoms with Gasteiger partial charge in [-0.25, -0.2) is 0 Å². The lowest BCUT2D eigenvalue weighted by molar-refractivity contribution is 0.614. The highest BCUT2D eigenvalue weighted by Crippen LogP contribution is 2.21. The molecular formula is C10H12BrClN4. The molecule has 0 aliphatic rings. The molecule has 0 amide bonds. The smallest absolute Gasteiger partial charge is 0.0840 e. The average molecular weight is 304 g/mol. The summed E-state index contributed by atoms with van der Waals surface area (Å²) >= 11 is 9.49. The Bertz CT molecular complexity index is 510. The van der Waals surface area contributed by atoms with Gasteiger partial charge in [-0.05, 0) is 29.8 Å². The Morgan fingerprint density at radius 1 is 1.31 bits per heavy atom. The summed E-state index contributed by atoms with van der Waals surface area (Å²) in [5, 5.41) is 9.34. The summed E-state index contributed by atoms with van der Waals surface area (Å²) in [6.07, 6.45) is 1.83. The molecule has 2 aromatic rings. The highest BCUT2D eigenvalue weighted by atomic mass is 79.9. The summed E-state index contributed by atoms with van der Waals surface area (Å²) in [4.78, 5) is 0. The number of aryl methyl sites for hydroxylation is 3. The molecule has 2 rings (SSSR count). The van der Waals surface area contributed by atoms with Crippen LogP contribution in [-0.2, 0) is 13.6 Å². The van der Waals surface area contributed by atoms with Gasteiger partial charge < -0.3 is 0 Å². The molecule has 0 N–H and O–H groups in total. The molecule has 0 bridgehead atoms. The Hall–Kier alpha value is -0.810. The first kappa shape index (κ1) is 11.7. The number of hydrogen-bond donors (Lipinski definition) is 0. The SMILES string of the molecule is Cc1nn(Cc2c(Br)c(C)nn2C)cc1Cl. The van der Waals surface area contributed by atoms with E-state index in [0.29, 0.717) is 11.6 Å². The molecule has 0 saturated heterocycles. The summed E-state index contributed by atoms with van der Waals surface area (Å²) in [6.45, 7) is 4.52. The summed E-state index contributed by atoms with van der Waals surface area (Å²) in [5.74, 6) is 0. The van der Waals surface area contributed by atoms with Crippen LogP contribution in [0.3, 0.4) is 0 Å². The van der Waals surface area contributed by atoms with Crippen LogP contribution in [0.5, 0.6) is 0 Å². The van der Waals surface area contributed by atoms with Gasteiger partial charge in [0.15, 0.2) is 0 Å². The van der Waals surface area contributed by atoms with Crippen molar-refractivity contribution in [3.63, 3.8) is 0 Å². The van der Waals surface area contributed by atoms with Crippen molar-refractivity contribution in [3.8, 4) is 0 Å². The molecule has 0 aliphatic heterocycles. The second-order valence-electron chi connectivity index (χ2n) is 3.73. The highest BCUT2D eigenvalue weighted by Gasteiger charge is 2.12. The van der Waals surface area contributed by atoms with Crippen LogP contribution in [0.25, 0.3) is 0 Å². The molecule has 2 aromatic heterocycles. The topological polar surface area (TPSA) is 35.6 Å². The molecule has 16 heavy (non-hydrogen) atoms. The second-order valence-corrected chi connectivity index (χ2v) is 4.93. The third-order valence-corrected chi connectivity index (χ3v) is 3.86. The summed E-state index contributed by atoms with van der Waals surface area (Å²) < 4.78 is 4.70. The van der Waals surface area contributed by atoms with Gasteiger partial charge in [-0.2, -0.15) is 10.2 Å². The van der Waals surface area contributed by atoms with Crippen LogP contribution in [0.15, 0.2) is 10.7 Å². The van der Waals surface area contributed by atoms with Crippen molar-refractivity contribution < 1.29 is 0 Å². The molecule has 86 valence electrons. The predicted octanol–water partition coefficient (Wildman–Crippen LogP) is 2.70. The summed E-state index contributed by atoms with van der Waals surface area (Å²) in [5.41, 5.74) is 2.90. The van der Waals surface area contributed by atoms with Crippen molar-refractivity contribution in [2.45, 2.75) is 20.4 Å². The summed E-state index contributed by atoms with van der Waals surface area (Å²) in [7, 11) is 1.92. The van der Waals surface area contributed by atoms with Crippen molar-refractivity contribution in [2.24, 2.45) is 7.05 Å². The van der Waals surface area contributed by atoms with Gasteiger partial charge in [-0.1, -0.05) is 11.6 Å². The fourth-order valence-corrected chi connectivity index (χ4v) is 2.19. The maximum Gasteiger partial charge on any atom is 0.0840 e. The number of rotatable bonds is 2. The minimum Gasteiger partial charge on any atom is -0.269 e. The quantitative estimate of drug-likeness (QED) is 0.855. The lowest BCUT2D eigenvalue weighted by Gasteiger charge is -2.02. The minimum atomic E-state index is 0.658. The first-order valence-corrected chi connectivity index (χ1v) is 6.03. The van der Waals surface area contributed by atoms with E-state index < -0.39 is 0 Å². The summed E-state index contributed by atoms with van der Waals surface area (Å²) in [6, 6.07) is 0. The van der Waals surface area contributed by atoms with Gasteiger partial charge >= 0.3 is 0 Å². The van der Waals surface area contributed by atoms with Crippen molar-refractivity contribution >= 4 is 27.5 Å². The first-order chi connectivity index (χ1) is 7.49. The van der Waals surface area contributed by atoms with Gasteiger partial charge in [0, 0.05) is 13.2 Å². The van der Waals surface area contributed by atoms with E-state index in [1.54, 1.807) is 0 Å². The van der Waals surface area contributed by atoms with E-state index >= 15 is 0 Å². The number of aromatic nitrogens is 4. The fraction of sp³-hybridized carbons (Fsp3) is 0.400. The molecule has 0 aromatic carbocycles. The zero-order valence-electron chi connectivity index (χ0n) is 9.33. The molecule has 0 aliphatic carbocycles. The van der Waals surface area contributed by atoms with E-state index in [0.717, 1.165) is 21.6 Å². The number of nitrogens with zero attached hydrogens (tertiary/aromatic N) is 4. The molecule has 4 nitrogen and oxygen atoms in total. The maximum atomic E-state index is 5.96. The Labute approximate surface area is 107 Å². The number of hydrogen-bond acceptors (Lipinski definition) is 2. The largest absolute Gasteiger partial charge is 0.269 e. The third kappa shape index (κ3) is 2.01. The third-order valence-electron chi connectivity index (χ3n) is 2.46. The van der Waals surface area contributed by atoms with Gasteiger partial charge in [-0.15, -0.1) is 0 Å². The Morgan fingerprint density at radius 3 is 2.44 bits per heavy atom. The van der Waals surface area contributed by atoms with Crippen LogP contribution in [0, 0.1) is 13.8 Å². The Balaban J connectivity index is 2.33.